The zero-order chi connectivity index (χ0) is 41.2. The maximum Gasteiger partial charge on any atom is 0.268 e. The Balaban J connectivity index is 1.45. The number of aliphatic imine (C=N–C) groups is 1. The summed E-state index contributed by atoms with van der Waals surface area (Å²) >= 11 is 0. The van der Waals surface area contributed by atoms with Crippen molar-refractivity contribution in [2.75, 3.05) is 19.8 Å². The molecule has 0 aromatic heterocycles. The highest BCUT2D eigenvalue weighted by molar-refractivity contribution is 7.86. The molecule has 58 heavy (non-hydrogen) atoms. The third-order valence-electron chi connectivity index (χ3n) is 12.7. The number of nitrogens with two attached hydrogens (primary N) is 2. The van der Waals surface area contributed by atoms with Crippen molar-refractivity contribution < 1.29 is 42.9 Å². The first-order chi connectivity index (χ1) is 27.8. The van der Waals surface area contributed by atoms with Gasteiger partial charge in [-0.15, -0.1) is 0 Å². The van der Waals surface area contributed by atoms with Crippen LogP contribution in [0, 0.1) is 35.5 Å². The number of benzene rings is 3. The molecule has 1 fully saturated rings. The van der Waals surface area contributed by atoms with E-state index >= 15 is 0 Å². The molecule has 0 saturated carbocycles. The molecule has 13 heteroatoms. The maximum absolute atomic E-state index is 13.9. The number of hydrogen-bond donors (Lipinski definition) is 7. The Morgan fingerprint density at radius 1 is 1.00 bits per heavy atom. The lowest BCUT2D eigenvalue weighted by Crippen LogP contribution is -2.40. The number of aromatic hydroxyl groups is 1. The number of fused-ring (bicyclic) bond motifs is 7. The summed E-state index contributed by atoms with van der Waals surface area (Å²) in [7, 11) is -4.63. The predicted molar refractivity (Wildman–Crippen MR) is 220 cm³/mol. The van der Waals surface area contributed by atoms with Crippen molar-refractivity contribution in [2.24, 2.45) is 40.1 Å². The zero-order valence-corrected chi connectivity index (χ0v) is 33.6. The van der Waals surface area contributed by atoms with E-state index in [1.54, 1.807) is 24.3 Å². The molecule has 0 spiro atoms. The van der Waals surface area contributed by atoms with Crippen molar-refractivity contribution >= 4 is 16.1 Å². The highest BCUT2D eigenvalue weighted by Crippen LogP contribution is 2.54. The molecular formula is C45H55N3O9S. The number of phenols is 1. The molecule has 1 saturated heterocycles. The minimum Gasteiger partial charge on any atom is -0.508 e. The molecule has 6 heterocycles. The SMILES string of the molecule is CCC1CC(S(=O)(=O)O)C2C=C3CC(CC4CC(CO)CC#Cc5cc(O)ccc5C3O4)C2c2ccc(cc2)C(CC(CO)CCO)(N=C(N)N)Oc2ccc1cc2. The molecule has 8 bridgehead atoms. The van der Waals surface area contributed by atoms with E-state index in [9.17, 15) is 33.4 Å². The second-order valence-electron chi connectivity index (χ2n) is 16.5. The Morgan fingerprint density at radius 2 is 1.74 bits per heavy atom. The van der Waals surface area contributed by atoms with Crippen molar-refractivity contribution in [1.29, 1.82) is 0 Å². The Morgan fingerprint density at radius 3 is 2.40 bits per heavy atom. The van der Waals surface area contributed by atoms with Crippen LogP contribution < -0.4 is 16.2 Å². The van der Waals surface area contributed by atoms with Gasteiger partial charge in [-0.05, 0) is 109 Å². The minimum atomic E-state index is -4.63. The summed E-state index contributed by atoms with van der Waals surface area (Å²) in [5.41, 5.74) is 15.3. The molecular weight excluding hydrogens is 759 g/mol. The minimum absolute atomic E-state index is 0.0643. The largest absolute Gasteiger partial charge is 0.508 e. The lowest BCUT2D eigenvalue weighted by Gasteiger charge is -2.41. The van der Waals surface area contributed by atoms with Crippen LogP contribution in [0.15, 0.2) is 83.4 Å². The zero-order valence-electron chi connectivity index (χ0n) is 32.8. The highest BCUT2D eigenvalue weighted by atomic mass is 32.2. The molecule has 1 aliphatic carbocycles. The number of aliphatic hydroxyl groups is 3. The van der Waals surface area contributed by atoms with E-state index in [0.717, 1.165) is 22.3 Å². The van der Waals surface area contributed by atoms with Crippen LogP contribution in [0.2, 0.25) is 0 Å². The van der Waals surface area contributed by atoms with Crippen LogP contribution in [0.25, 0.3) is 0 Å². The van der Waals surface area contributed by atoms with E-state index in [4.69, 9.17) is 20.9 Å². The average Bonchev–Trinajstić information content (AvgIpc) is 3.32. The molecule has 6 aliphatic heterocycles. The van der Waals surface area contributed by atoms with E-state index in [1.807, 2.05) is 55.5 Å². The molecule has 10 unspecified atom stereocenters. The van der Waals surface area contributed by atoms with Gasteiger partial charge in [0.1, 0.15) is 17.6 Å². The summed E-state index contributed by atoms with van der Waals surface area (Å²) in [6.45, 7) is 1.53. The normalized spacial score (nSPS) is 29.7. The van der Waals surface area contributed by atoms with Crippen molar-refractivity contribution in [3.63, 3.8) is 0 Å². The fourth-order valence-electron chi connectivity index (χ4n) is 9.94. The summed E-state index contributed by atoms with van der Waals surface area (Å²) in [6, 6.07) is 20.0. The van der Waals surface area contributed by atoms with Gasteiger partial charge in [-0.2, -0.15) is 8.42 Å². The van der Waals surface area contributed by atoms with Crippen LogP contribution >= 0.6 is 0 Å². The third-order valence-corrected chi connectivity index (χ3v) is 14.0. The van der Waals surface area contributed by atoms with E-state index < -0.39 is 39.0 Å². The van der Waals surface area contributed by atoms with Gasteiger partial charge >= 0.3 is 0 Å². The summed E-state index contributed by atoms with van der Waals surface area (Å²) in [5, 5.41) is 40.0. The summed E-state index contributed by atoms with van der Waals surface area (Å²) in [4.78, 5) is 4.67. The summed E-state index contributed by atoms with van der Waals surface area (Å²) in [5.74, 6) is 4.69. The Labute approximate surface area is 340 Å². The molecule has 0 radical (unpaired) electrons. The number of nitrogens with zero attached hydrogens (tertiary/aromatic N) is 1. The van der Waals surface area contributed by atoms with Crippen molar-refractivity contribution in [3.05, 3.63) is 106 Å². The molecule has 12 nitrogen and oxygen atoms in total. The van der Waals surface area contributed by atoms with Crippen LogP contribution in [0.4, 0.5) is 0 Å². The number of aliphatic hydroxyl groups excluding tert-OH is 3. The Kier molecular flexibility index (Phi) is 12.5. The number of phenolic OH excluding ortho intramolecular Hbond substituents is 1. The number of hydrogen-bond acceptors (Lipinski definition) is 9. The van der Waals surface area contributed by atoms with E-state index in [1.165, 1.54) is 0 Å². The molecule has 7 aliphatic rings. The first kappa shape index (κ1) is 41.7. The fourth-order valence-corrected chi connectivity index (χ4v) is 11.1. The molecule has 9 N–H and O–H groups in total. The smallest absolute Gasteiger partial charge is 0.268 e. The van der Waals surface area contributed by atoms with Gasteiger partial charge in [0.25, 0.3) is 10.1 Å². The van der Waals surface area contributed by atoms with E-state index in [0.29, 0.717) is 49.0 Å². The highest BCUT2D eigenvalue weighted by Gasteiger charge is 2.48. The molecule has 3 aromatic carbocycles. The number of rotatable bonds is 9. The fraction of sp³-hybridized carbons (Fsp3) is 0.489. The first-order valence-electron chi connectivity index (χ1n) is 20.3. The molecule has 10 rings (SSSR count). The Bertz CT molecular complexity index is 2160. The van der Waals surface area contributed by atoms with Gasteiger partial charge in [0.2, 0.25) is 5.72 Å². The second kappa shape index (κ2) is 17.4. The maximum atomic E-state index is 13.9. The third kappa shape index (κ3) is 8.78. The number of ether oxygens (including phenoxy) is 2. The van der Waals surface area contributed by atoms with Crippen LogP contribution in [0.3, 0.4) is 0 Å². The van der Waals surface area contributed by atoms with Crippen molar-refractivity contribution in [2.45, 2.75) is 93.3 Å². The molecule has 310 valence electrons. The van der Waals surface area contributed by atoms with E-state index in [-0.39, 0.29) is 80.6 Å². The summed E-state index contributed by atoms with van der Waals surface area (Å²) in [6.07, 6.45) is 4.41. The second-order valence-corrected chi connectivity index (χ2v) is 18.2. The van der Waals surface area contributed by atoms with Crippen LogP contribution in [-0.2, 0) is 20.6 Å². The van der Waals surface area contributed by atoms with Crippen LogP contribution in [0.5, 0.6) is 11.5 Å². The van der Waals surface area contributed by atoms with E-state index in [2.05, 4.69) is 16.8 Å². The molecule has 0 amide bonds. The lowest BCUT2D eigenvalue weighted by atomic mass is 9.65. The van der Waals surface area contributed by atoms with Gasteiger partial charge in [0.05, 0.1) is 11.4 Å². The van der Waals surface area contributed by atoms with Crippen molar-refractivity contribution in [1.82, 2.24) is 0 Å². The molecule has 3 aromatic rings. The van der Waals surface area contributed by atoms with Gasteiger partial charge in [-0.3, -0.25) is 4.55 Å². The van der Waals surface area contributed by atoms with Gasteiger partial charge < -0.3 is 41.4 Å². The quantitative estimate of drug-likeness (QED) is 0.0480. The molecule has 10 atom stereocenters. The van der Waals surface area contributed by atoms with Crippen LogP contribution in [-0.4, -0.2) is 70.5 Å². The van der Waals surface area contributed by atoms with Gasteiger partial charge in [-0.1, -0.05) is 67.3 Å². The van der Waals surface area contributed by atoms with Crippen LogP contribution in [0.1, 0.15) is 104 Å². The number of guanidine groups is 1. The first-order valence-corrected chi connectivity index (χ1v) is 21.8. The number of allylic oxidation sites excluding steroid dienone is 1. The van der Waals surface area contributed by atoms with Gasteiger partial charge in [-0.25, -0.2) is 4.99 Å². The van der Waals surface area contributed by atoms with Crippen molar-refractivity contribution in [3.8, 4) is 23.3 Å². The summed E-state index contributed by atoms with van der Waals surface area (Å²) < 4.78 is 52.7. The lowest BCUT2D eigenvalue weighted by molar-refractivity contribution is -0.0131. The predicted octanol–water partition coefficient (Wildman–Crippen LogP) is 5.36. The Hall–Kier alpha value is -4.42. The monoisotopic (exact) mass is 813 g/mol. The van der Waals surface area contributed by atoms with Gasteiger partial charge in [0, 0.05) is 55.3 Å². The standard InChI is InChI=1S/C45H55N3O9S/c1-2-29-23-41(58(53,54)55)40-22-34-19-33(21-38-18-27(25-50)4-3-5-32-20-36(52)12-15-39(32)43(34)56-38)42(40)31-6-10-35(11-7-31)45(48-44(46)47,24-28(26-51)16-17-49)57-37-13-8-30(29)9-14-37/h6-15,20,22,27-29,33,38,40-43,49-52H,2,4,16-19,21,23-26H2,1H3,(H4,46,47,48)(H,53,54,55). The average molecular weight is 814 g/mol. The van der Waals surface area contributed by atoms with Gasteiger partial charge in [0.15, 0.2) is 5.96 Å². The topological polar surface area (TPSA) is 218 Å².